The summed E-state index contributed by atoms with van der Waals surface area (Å²) in [6.07, 6.45) is 29.4. The minimum absolute atomic E-state index is 0.254. The van der Waals surface area contributed by atoms with E-state index in [0.717, 1.165) is 51.4 Å². The summed E-state index contributed by atoms with van der Waals surface area (Å²) in [5.41, 5.74) is 0. The minimum Gasteiger partial charge on any atom is -0.394 e. The van der Waals surface area contributed by atoms with E-state index in [1.54, 1.807) is 6.08 Å². The van der Waals surface area contributed by atoms with Crippen LogP contribution in [-0.4, -0.2) is 95.4 Å². The van der Waals surface area contributed by atoms with Gasteiger partial charge in [-0.25, -0.2) is 4.18 Å². The molecule has 0 aromatic rings. The van der Waals surface area contributed by atoms with Crippen molar-refractivity contribution in [3.63, 3.8) is 0 Å². The maximum Gasteiger partial charge on any atom is 0.397 e. The zero-order valence-corrected chi connectivity index (χ0v) is 35.8. The van der Waals surface area contributed by atoms with Gasteiger partial charge in [-0.2, -0.15) is 8.42 Å². The zero-order valence-electron chi connectivity index (χ0n) is 35.0. The summed E-state index contributed by atoms with van der Waals surface area (Å²) in [4.78, 5) is 12.9. The molecule has 330 valence electrons. The van der Waals surface area contributed by atoms with Crippen LogP contribution >= 0.6 is 0 Å². The number of aliphatic hydroxyl groups is 4. The van der Waals surface area contributed by atoms with Gasteiger partial charge in [0.15, 0.2) is 6.29 Å². The van der Waals surface area contributed by atoms with Crippen molar-refractivity contribution in [2.24, 2.45) is 0 Å². The second kappa shape index (κ2) is 34.4. The topological polar surface area (TPSA) is 192 Å². The molecule has 7 atom stereocenters. The Labute approximate surface area is 340 Å². The lowest BCUT2D eigenvalue weighted by atomic mass is 9.99. The second-order valence-corrected chi connectivity index (χ2v) is 16.7. The molecule has 1 heterocycles. The van der Waals surface area contributed by atoms with E-state index >= 15 is 0 Å². The monoisotopic (exact) mass is 820 g/mol. The molecule has 1 rings (SSSR count). The van der Waals surface area contributed by atoms with Gasteiger partial charge in [0, 0.05) is 6.42 Å². The van der Waals surface area contributed by atoms with Gasteiger partial charge in [0.05, 0.1) is 25.4 Å². The summed E-state index contributed by atoms with van der Waals surface area (Å²) >= 11 is 0. The number of amides is 1. The van der Waals surface area contributed by atoms with Gasteiger partial charge in [-0.05, 0) is 38.5 Å². The first-order valence-corrected chi connectivity index (χ1v) is 23.6. The third-order valence-electron chi connectivity index (χ3n) is 10.5. The number of rotatable bonds is 37. The van der Waals surface area contributed by atoms with Crippen LogP contribution in [0, 0.1) is 0 Å². The van der Waals surface area contributed by atoms with Gasteiger partial charge in [0.25, 0.3) is 0 Å². The number of allylic oxidation sites excluding steroid dienone is 3. The van der Waals surface area contributed by atoms with Gasteiger partial charge in [-0.15, -0.1) is 0 Å². The van der Waals surface area contributed by atoms with Crippen molar-refractivity contribution in [2.45, 2.75) is 230 Å². The van der Waals surface area contributed by atoms with Gasteiger partial charge in [0.1, 0.15) is 24.4 Å². The molecule has 1 amide bonds. The Hall–Kier alpha value is -1.42. The van der Waals surface area contributed by atoms with Gasteiger partial charge < -0.3 is 35.2 Å². The Morgan fingerprint density at radius 2 is 1.16 bits per heavy atom. The van der Waals surface area contributed by atoms with Crippen LogP contribution in [0.25, 0.3) is 0 Å². The predicted molar refractivity (Wildman–Crippen MR) is 222 cm³/mol. The van der Waals surface area contributed by atoms with Crippen molar-refractivity contribution in [2.75, 3.05) is 13.2 Å². The molecule has 0 saturated carbocycles. The van der Waals surface area contributed by atoms with Crippen LogP contribution in [0.5, 0.6) is 0 Å². The Morgan fingerprint density at radius 1 is 0.696 bits per heavy atom. The van der Waals surface area contributed by atoms with Crippen molar-refractivity contribution in [3.05, 3.63) is 24.3 Å². The van der Waals surface area contributed by atoms with Crippen molar-refractivity contribution in [3.8, 4) is 0 Å². The lowest BCUT2D eigenvalue weighted by Crippen LogP contribution is -2.61. The van der Waals surface area contributed by atoms with Crippen molar-refractivity contribution in [1.29, 1.82) is 0 Å². The highest BCUT2D eigenvalue weighted by Gasteiger charge is 2.48. The van der Waals surface area contributed by atoms with Crippen LogP contribution in [0.2, 0.25) is 0 Å². The van der Waals surface area contributed by atoms with Crippen molar-refractivity contribution in [1.82, 2.24) is 5.32 Å². The second-order valence-electron chi connectivity index (χ2n) is 15.6. The van der Waals surface area contributed by atoms with Crippen molar-refractivity contribution < 1.29 is 51.8 Å². The first-order valence-electron chi connectivity index (χ1n) is 22.2. The SMILES string of the molecule is CCCC/C=C\CCCCCCC(=O)NC(COC1OC(CO)C(O)C(OS(=O)(=O)O)C1O)C(O)/C=C/CCCCCCCCCCCCCCCCCCC. The van der Waals surface area contributed by atoms with E-state index in [4.69, 9.17) is 14.0 Å². The lowest BCUT2D eigenvalue weighted by Gasteiger charge is -2.41. The molecule has 0 radical (unpaired) electrons. The number of aliphatic hydroxyl groups excluding tert-OH is 4. The molecular formula is C43H81NO11S. The average Bonchev–Trinajstić information content (AvgIpc) is 3.16. The average molecular weight is 820 g/mol. The van der Waals surface area contributed by atoms with E-state index in [0.29, 0.717) is 6.42 Å². The summed E-state index contributed by atoms with van der Waals surface area (Å²) in [7, 11) is -5.08. The molecule has 6 N–H and O–H groups in total. The van der Waals surface area contributed by atoms with Gasteiger partial charge in [-0.1, -0.05) is 167 Å². The number of hydrogen-bond donors (Lipinski definition) is 6. The lowest BCUT2D eigenvalue weighted by molar-refractivity contribution is -0.298. The minimum atomic E-state index is -5.08. The van der Waals surface area contributed by atoms with E-state index < -0.39 is 59.9 Å². The predicted octanol–water partition coefficient (Wildman–Crippen LogP) is 8.16. The fourth-order valence-corrected chi connectivity index (χ4v) is 7.47. The molecule has 1 aliphatic rings. The highest BCUT2D eigenvalue weighted by Crippen LogP contribution is 2.26. The van der Waals surface area contributed by atoms with Crippen LogP contribution in [0.3, 0.4) is 0 Å². The normalized spacial score (nSPS) is 21.6. The zero-order chi connectivity index (χ0) is 41.3. The number of ether oxygens (including phenoxy) is 2. The highest BCUT2D eigenvalue weighted by molar-refractivity contribution is 7.80. The maximum atomic E-state index is 12.9. The summed E-state index contributed by atoms with van der Waals surface area (Å²) < 4.78 is 47.5. The fraction of sp³-hybridized carbons (Fsp3) is 0.884. The quantitative estimate of drug-likeness (QED) is 0.0201. The smallest absolute Gasteiger partial charge is 0.394 e. The summed E-state index contributed by atoms with van der Waals surface area (Å²) in [6, 6.07) is -0.946. The third-order valence-corrected chi connectivity index (χ3v) is 10.9. The summed E-state index contributed by atoms with van der Waals surface area (Å²) in [5, 5.41) is 44.6. The number of hydrogen-bond acceptors (Lipinski definition) is 10. The molecule has 0 aromatic carbocycles. The Morgan fingerprint density at radius 3 is 1.66 bits per heavy atom. The third kappa shape index (κ3) is 27.3. The Balaban J connectivity index is 2.52. The standard InChI is InChI=1S/C43H81NO11S/c1-3-5-7-9-11-13-15-16-17-18-19-20-21-22-23-24-26-28-30-32-37(46)36(44-39(47)33-31-29-27-25-14-12-10-8-6-4-2)35-53-43-41(49)42(55-56(50,51)52)40(48)38(34-45)54-43/h10,12,30,32,36-38,40-43,45-46,48-49H,3-9,11,13-29,31,33-35H2,1-2H3,(H,44,47)(H,50,51,52)/b12-10-,32-30+. The Kier molecular flexibility index (Phi) is 32.4. The molecule has 0 spiro atoms. The van der Waals surface area contributed by atoms with Gasteiger partial charge >= 0.3 is 10.4 Å². The first kappa shape index (κ1) is 52.6. The van der Waals surface area contributed by atoms with E-state index in [2.05, 4.69) is 35.5 Å². The van der Waals surface area contributed by atoms with Crippen LogP contribution in [0.15, 0.2) is 24.3 Å². The van der Waals surface area contributed by atoms with E-state index in [9.17, 15) is 33.6 Å². The van der Waals surface area contributed by atoms with Crippen molar-refractivity contribution >= 4 is 16.3 Å². The summed E-state index contributed by atoms with van der Waals surface area (Å²) in [6.45, 7) is 3.32. The molecule has 0 aromatic heterocycles. The van der Waals surface area contributed by atoms with Crippen LogP contribution in [0.4, 0.5) is 0 Å². The van der Waals surface area contributed by atoms with Gasteiger partial charge in [-0.3, -0.25) is 9.35 Å². The molecule has 56 heavy (non-hydrogen) atoms. The van der Waals surface area contributed by atoms with E-state index in [-0.39, 0.29) is 18.9 Å². The van der Waals surface area contributed by atoms with E-state index in [1.807, 2.05) is 6.08 Å². The number of nitrogens with one attached hydrogen (secondary N) is 1. The molecule has 0 aliphatic carbocycles. The molecule has 13 heteroatoms. The highest BCUT2D eigenvalue weighted by atomic mass is 32.3. The first-order chi connectivity index (χ1) is 27.0. The maximum absolute atomic E-state index is 12.9. The largest absolute Gasteiger partial charge is 0.397 e. The van der Waals surface area contributed by atoms with Crippen LogP contribution in [0.1, 0.15) is 187 Å². The molecule has 12 nitrogen and oxygen atoms in total. The van der Waals surface area contributed by atoms with Crippen LogP contribution < -0.4 is 5.32 Å². The number of carbonyl (C=O) groups is 1. The molecular weight excluding hydrogens is 739 g/mol. The fourth-order valence-electron chi connectivity index (χ4n) is 6.96. The molecule has 7 unspecified atom stereocenters. The molecule has 1 saturated heterocycles. The number of unbranched alkanes of at least 4 members (excludes halogenated alkanes) is 23. The van der Waals surface area contributed by atoms with E-state index in [1.165, 1.54) is 109 Å². The molecule has 0 bridgehead atoms. The molecule has 1 fully saturated rings. The summed E-state index contributed by atoms with van der Waals surface area (Å²) in [5.74, 6) is -0.278. The van der Waals surface area contributed by atoms with Crippen LogP contribution in [-0.2, 0) is 28.9 Å². The van der Waals surface area contributed by atoms with Gasteiger partial charge in [0.2, 0.25) is 5.91 Å². The Bertz CT molecular complexity index is 1110. The molecule has 1 aliphatic heterocycles. The number of carbonyl (C=O) groups excluding carboxylic acids is 1.